The SMILES string of the molecule is Cc1cc(=O)n(Cc2ccc(C(C)(C)C)cc2)cc1I. The van der Waals surface area contributed by atoms with Crippen LogP contribution in [-0.2, 0) is 12.0 Å². The van der Waals surface area contributed by atoms with Gasteiger partial charge in [-0.25, -0.2) is 0 Å². The van der Waals surface area contributed by atoms with E-state index in [1.54, 1.807) is 10.6 Å². The first-order chi connectivity index (χ1) is 9.27. The Kier molecular flexibility index (Phi) is 4.37. The van der Waals surface area contributed by atoms with E-state index in [0.29, 0.717) is 6.54 Å². The molecule has 0 unspecified atom stereocenters. The van der Waals surface area contributed by atoms with Crippen molar-refractivity contribution in [3.63, 3.8) is 0 Å². The standard InChI is InChI=1S/C17H20INO/c1-12-9-16(20)19(11-15(12)18)10-13-5-7-14(8-6-13)17(2,3)4/h5-9,11H,10H2,1-4H3. The molecule has 0 amide bonds. The lowest BCUT2D eigenvalue weighted by atomic mass is 9.87. The number of rotatable bonds is 2. The minimum absolute atomic E-state index is 0.0582. The van der Waals surface area contributed by atoms with Gasteiger partial charge in [0.1, 0.15) is 0 Å². The maximum Gasteiger partial charge on any atom is 0.251 e. The number of aryl methyl sites for hydroxylation is 1. The van der Waals surface area contributed by atoms with Crippen molar-refractivity contribution < 1.29 is 0 Å². The Morgan fingerprint density at radius 3 is 2.30 bits per heavy atom. The average molecular weight is 381 g/mol. The number of halogens is 1. The summed E-state index contributed by atoms with van der Waals surface area (Å²) >= 11 is 2.27. The summed E-state index contributed by atoms with van der Waals surface area (Å²) in [5.41, 5.74) is 3.72. The zero-order valence-corrected chi connectivity index (χ0v) is 14.6. The second-order valence-corrected chi connectivity index (χ2v) is 7.38. The monoisotopic (exact) mass is 381 g/mol. The van der Waals surface area contributed by atoms with E-state index in [-0.39, 0.29) is 11.0 Å². The van der Waals surface area contributed by atoms with Crippen molar-refractivity contribution in [1.29, 1.82) is 0 Å². The van der Waals surface area contributed by atoms with Crippen LogP contribution < -0.4 is 5.56 Å². The normalized spacial score (nSPS) is 11.7. The highest BCUT2D eigenvalue weighted by Crippen LogP contribution is 2.22. The minimum atomic E-state index is 0.0582. The molecule has 0 aliphatic heterocycles. The van der Waals surface area contributed by atoms with Gasteiger partial charge in [0.25, 0.3) is 5.56 Å². The van der Waals surface area contributed by atoms with E-state index in [0.717, 1.165) is 14.7 Å². The fourth-order valence-corrected chi connectivity index (χ4v) is 2.56. The number of hydrogen-bond acceptors (Lipinski definition) is 1. The molecule has 2 aromatic rings. The van der Waals surface area contributed by atoms with E-state index in [4.69, 9.17) is 0 Å². The molecule has 0 aliphatic carbocycles. The van der Waals surface area contributed by atoms with Crippen molar-refractivity contribution in [3.05, 3.63) is 67.1 Å². The van der Waals surface area contributed by atoms with Crippen LogP contribution >= 0.6 is 22.6 Å². The largest absolute Gasteiger partial charge is 0.310 e. The molecule has 2 nitrogen and oxygen atoms in total. The van der Waals surface area contributed by atoms with Crippen LogP contribution in [0.5, 0.6) is 0 Å². The lowest BCUT2D eigenvalue weighted by Crippen LogP contribution is -2.20. The lowest BCUT2D eigenvalue weighted by Gasteiger charge is -2.19. The van der Waals surface area contributed by atoms with Gasteiger partial charge in [0, 0.05) is 15.8 Å². The third kappa shape index (κ3) is 3.51. The zero-order chi connectivity index (χ0) is 14.9. The molecule has 0 fully saturated rings. The quantitative estimate of drug-likeness (QED) is 0.718. The van der Waals surface area contributed by atoms with Gasteiger partial charge < -0.3 is 4.57 Å². The van der Waals surface area contributed by atoms with Crippen LogP contribution in [0.1, 0.15) is 37.5 Å². The lowest BCUT2D eigenvalue weighted by molar-refractivity contribution is 0.589. The van der Waals surface area contributed by atoms with Gasteiger partial charge in [-0.2, -0.15) is 0 Å². The Hall–Kier alpha value is -1.10. The van der Waals surface area contributed by atoms with Crippen LogP contribution in [0.15, 0.2) is 41.3 Å². The third-order valence-corrected chi connectivity index (χ3v) is 4.57. The molecular weight excluding hydrogens is 361 g/mol. The van der Waals surface area contributed by atoms with E-state index in [1.807, 2.05) is 13.1 Å². The molecule has 0 bridgehead atoms. The molecule has 106 valence electrons. The van der Waals surface area contributed by atoms with Crippen LogP contribution in [-0.4, -0.2) is 4.57 Å². The molecule has 1 aromatic heterocycles. The summed E-state index contributed by atoms with van der Waals surface area (Å²) in [7, 11) is 0. The summed E-state index contributed by atoms with van der Waals surface area (Å²) in [6.45, 7) is 9.20. The van der Waals surface area contributed by atoms with Crippen LogP contribution in [0.25, 0.3) is 0 Å². The van der Waals surface area contributed by atoms with Crippen molar-refractivity contribution in [3.8, 4) is 0 Å². The number of aromatic nitrogens is 1. The average Bonchev–Trinajstić information content (AvgIpc) is 2.35. The number of nitrogens with zero attached hydrogens (tertiary/aromatic N) is 1. The van der Waals surface area contributed by atoms with Gasteiger partial charge >= 0.3 is 0 Å². The highest BCUT2D eigenvalue weighted by Gasteiger charge is 2.12. The molecule has 0 aliphatic rings. The topological polar surface area (TPSA) is 22.0 Å². The Labute approximate surface area is 134 Å². The van der Waals surface area contributed by atoms with Gasteiger partial charge in [-0.15, -0.1) is 0 Å². The van der Waals surface area contributed by atoms with Gasteiger partial charge in [0.2, 0.25) is 0 Å². The summed E-state index contributed by atoms with van der Waals surface area (Å²) in [6.07, 6.45) is 1.93. The summed E-state index contributed by atoms with van der Waals surface area (Å²) < 4.78 is 2.88. The molecule has 0 saturated heterocycles. The fraction of sp³-hybridized carbons (Fsp3) is 0.353. The minimum Gasteiger partial charge on any atom is -0.310 e. The molecule has 20 heavy (non-hydrogen) atoms. The zero-order valence-electron chi connectivity index (χ0n) is 12.4. The molecule has 2 rings (SSSR count). The number of benzene rings is 1. The summed E-state index contributed by atoms with van der Waals surface area (Å²) in [5, 5.41) is 0. The third-order valence-electron chi connectivity index (χ3n) is 3.44. The van der Waals surface area contributed by atoms with Crippen molar-refractivity contribution in [2.45, 2.75) is 39.7 Å². The predicted octanol–water partition coefficient (Wildman–Crippen LogP) is 4.11. The summed E-state index contributed by atoms with van der Waals surface area (Å²) in [4.78, 5) is 12.0. The second kappa shape index (κ2) is 5.72. The Bertz CT molecular complexity index is 663. The number of hydrogen-bond donors (Lipinski definition) is 0. The maximum absolute atomic E-state index is 12.0. The number of pyridine rings is 1. The Morgan fingerprint density at radius 1 is 1.15 bits per heavy atom. The predicted molar refractivity (Wildman–Crippen MR) is 92.4 cm³/mol. The molecule has 3 heteroatoms. The summed E-state index contributed by atoms with van der Waals surface area (Å²) in [6, 6.07) is 10.2. The Morgan fingerprint density at radius 2 is 1.75 bits per heavy atom. The van der Waals surface area contributed by atoms with Crippen molar-refractivity contribution in [2.24, 2.45) is 0 Å². The molecule has 1 aromatic carbocycles. The second-order valence-electron chi connectivity index (χ2n) is 6.22. The molecular formula is C17H20INO. The van der Waals surface area contributed by atoms with E-state index in [2.05, 4.69) is 67.6 Å². The molecule has 0 N–H and O–H groups in total. The smallest absolute Gasteiger partial charge is 0.251 e. The van der Waals surface area contributed by atoms with E-state index < -0.39 is 0 Å². The van der Waals surface area contributed by atoms with Crippen LogP contribution in [0.2, 0.25) is 0 Å². The van der Waals surface area contributed by atoms with Gasteiger partial charge in [0.15, 0.2) is 0 Å². The van der Waals surface area contributed by atoms with E-state index in [9.17, 15) is 4.79 Å². The first-order valence-corrected chi connectivity index (χ1v) is 7.81. The first kappa shape index (κ1) is 15.3. The molecule has 0 spiro atoms. The molecule has 0 radical (unpaired) electrons. The Balaban J connectivity index is 2.27. The van der Waals surface area contributed by atoms with Gasteiger partial charge in [0.05, 0.1) is 6.54 Å². The van der Waals surface area contributed by atoms with Crippen LogP contribution in [0, 0.1) is 10.5 Å². The van der Waals surface area contributed by atoms with Crippen molar-refractivity contribution >= 4 is 22.6 Å². The van der Waals surface area contributed by atoms with E-state index >= 15 is 0 Å². The van der Waals surface area contributed by atoms with Crippen molar-refractivity contribution in [2.75, 3.05) is 0 Å². The highest BCUT2D eigenvalue weighted by molar-refractivity contribution is 14.1. The van der Waals surface area contributed by atoms with Crippen molar-refractivity contribution in [1.82, 2.24) is 4.57 Å². The highest BCUT2D eigenvalue weighted by atomic mass is 127. The van der Waals surface area contributed by atoms with Crippen LogP contribution in [0.4, 0.5) is 0 Å². The first-order valence-electron chi connectivity index (χ1n) is 6.73. The van der Waals surface area contributed by atoms with E-state index in [1.165, 1.54) is 5.56 Å². The molecule has 0 atom stereocenters. The van der Waals surface area contributed by atoms with Crippen LogP contribution in [0.3, 0.4) is 0 Å². The maximum atomic E-state index is 12.0. The van der Waals surface area contributed by atoms with Gasteiger partial charge in [-0.3, -0.25) is 4.79 Å². The van der Waals surface area contributed by atoms with Gasteiger partial charge in [-0.05, 0) is 51.6 Å². The molecule has 0 saturated carbocycles. The van der Waals surface area contributed by atoms with Gasteiger partial charge in [-0.1, -0.05) is 45.0 Å². The fourth-order valence-electron chi connectivity index (χ4n) is 2.07. The summed E-state index contributed by atoms with van der Waals surface area (Å²) in [5.74, 6) is 0. The molecule has 1 heterocycles.